The number of fused-ring (bicyclic) bond motifs is 1. The summed E-state index contributed by atoms with van der Waals surface area (Å²) < 4.78 is 11.1. The van der Waals surface area contributed by atoms with Crippen molar-refractivity contribution >= 4 is 11.8 Å². The zero-order valence-corrected chi connectivity index (χ0v) is 14.0. The van der Waals surface area contributed by atoms with Crippen molar-refractivity contribution in [1.29, 1.82) is 0 Å². The number of ether oxygens (including phenoxy) is 2. The highest BCUT2D eigenvalue weighted by Crippen LogP contribution is 2.35. The Morgan fingerprint density at radius 3 is 3.08 bits per heavy atom. The third-order valence-corrected chi connectivity index (χ3v) is 4.60. The molecule has 2 amide bonds. The maximum atomic E-state index is 12.1. The van der Waals surface area contributed by atoms with Crippen molar-refractivity contribution in [2.45, 2.75) is 25.7 Å². The van der Waals surface area contributed by atoms with Crippen molar-refractivity contribution in [2.75, 3.05) is 33.4 Å². The number of nitrogens with one attached hydrogen (secondary N) is 1. The Morgan fingerprint density at radius 2 is 2.29 bits per heavy atom. The lowest BCUT2D eigenvalue weighted by Gasteiger charge is -2.28. The number of benzene rings is 1. The number of amides is 2. The third kappa shape index (κ3) is 3.80. The molecule has 24 heavy (non-hydrogen) atoms. The topological polar surface area (TPSA) is 67.9 Å². The van der Waals surface area contributed by atoms with E-state index in [9.17, 15) is 9.59 Å². The Labute approximate surface area is 142 Å². The summed E-state index contributed by atoms with van der Waals surface area (Å²) in [6.07, 6.45) is 3.31. The minimum Gasteiger partial charge on any atom is -0.493 e. The molecular weight excluding hydrogens is 308 g/mol. The number of hydrogen-bond donors (Lipinski definition) is 1. The largest absolute Gasteiger partial charge is 0.493 e. The van der Waals surface area contributed by atoms with E-state index in [2.05, 4.69) is 5.32 Å². The van der Waals surface area contributed by atoms with Crippen molar-refractivity contribution in [3.8, 4) is 11.5 Å². The summed E-state index contributed by atoms with van der Waals surface area (Å²) >= 11 is 0. The van der Waals surface area contributed by atoms with Crippen LogP contribution in [0.1, 0.15) is 24.8 Å². The fraction of sp³-hybridized carbons (Fsp3) is 0.556. The molecule has 1 atom stereocenters. The monoisotopic (exact) mass is 332 g/mol. The van der Waals surface area contributed by atoms with Crippen LogP contribution in [-0.4, -0.2) is 50.1 Å². The highest BCUT2D eigenvalue weighted by atomic mass is 16.5. The first-order chi connectivity index (χ1) is 11.7. The number of hydrogen-bond acceptors (Lipinski definition) is 4. The highest BCUT2D eigenvalue weighted by molar-refractivity contribution is 5.85. The van der Waals surface area contributed by atoms with Gasteiger partial charge in [-0.15, -0.1) is 0 Å². The van der Waals surface area contributed by atoms with Gasteiger partial charge in [-0.25, -0.2) is 0 Å². The fourth-order valence-electron chi connectivity index (χ4n) is 3.27. The number of rotatable bonds is 5. The second kappa shape index (κ2) is 7.55. The molecule has 2 aliphatic rings. The standard InChI is InChI=1S/C18H24N2O4/c1-23-15-6-4-5-14-9-13(12-24-18(14)15)10-19-16(21)11-20-8-3-2-7-17(20)22/h4-6,13H,2-3,7-12H2,1H3,(H,19,21)/t13-/m1/s1. The molecule has 0 radical (unpaired) electrons. The van der Waals surface area contributed by atoms with Crippen molar-refractivity contribution in [1.82, 2.24) is 10.2 Å². The van der Waals surface area contributed by atoms with E-state index in [0.29, 0.717) is 26.1 Å². The zero-order chi connectivity index (χ0) is 16.9. The Hall–Kier alpha value is -2.24. The summed E-state index contributed by atoms with van der Waals surface area (Å²) in [5.41, 5.74) is 1.10. The van der Waals surface area contributed by atoms with Gasteiger partial charge in [-0.05, 0) is 30.9 Å². The van der Waals surface area contributed by atoms with E-state index in [1.54, 1.807) is 12.0 Å². The van der Waals surface area contributed by atoms with Crippen molar-refractivity contribution in [3.63, 3.8) is 0 Å². The van der Waals surface area contributed by atoms with Gasteiger partial charge in [0.05, 0.1) is 20.3 Å². The van der Waals surface area contributed by atoms with Crippen LogP contribution >= 0.6 is 0 Å². The molecule has 0 saturated carbocycles. The SMILES string of the molecule is COc1cccc2c1OC[C@@H](CNC(=O)CN1CCCCC1=O)C2. The quantitative estimate of drug-likeness (QED) is 0.884. The number of piperidine rings is 1. The zero-order valence-electron chi connectivity index (χ0n) is 14.0. The second-order valence-corrected chi connectivity index (χ2v) is 6.41. The molecule has 1 aromatic carbocycles. The second-order valence-electron chi connectivity index (χ2n) is 6.41. The van der Waals surface area contributed by atoms with Gasteiger partial charge in [0.25, 0.3) is 0 Å². The van der Waals surface area contributed by atoms with Crippen LogP contribution in [0.15, 0.2) is 18.2 Å². The molecule has 0 unspecified atom stereocenters. The average molecular weight is 332 g/mol. The molecule has 6 nitrogen and oxygen atoms in total. The van der Waals surface area contributed by atoms with E-state index in [4.69, 9.17) is 9.47 Å². The van der Waals surface area contributed by atoms with Gasteiger partial charge in [0.1, 0.15) is 0 Å². The summed E-state index contributed by atoms with van der Waals surface area (Å²) in [6.45, 7) is 1.95. The lowest BCUT2D eigenvalue weighted by molar-refractivity contribution is -0.137. The molecule has 0 bridgehead atoms. The maximum Gasteiger partial charge on any atom is 0.239 e. The van der Waals surface area contributed by atoms with Gasteiger partial charge >= 0.3 is 0 Å². The van der Waals surface area contributed by atoms with E-state index in [1.165, 1.54) is 0 Å². The molecule has 1 N–H and O–H groups in total. The fourth-order valence-corrected chi connectivity index (χ4v) is 3.27. The number of para-hydroxylation sites is 1. The predicted molar refractivity (Wildman–Crippen MR) is 89.1 cm³/mol. The third-order valence-electron chi connectivity index (χ3n) is 4.60. The number of methoxy groups -OCH3 is 1. The summed E-state index contributed by atoms with van der Waals surface area (Å²) in [5.74, 6) is 1.77. The molecule has 1 aromatic rings. The molecule has 3 rings (SSSR count). The minimum atomic E-state index is -0.0957. The van der Waals surface area contributed by atoms with Gasteiger partial charge in [0.2, 0.25) is 11.8 Å². The maximum absolute atomic E-state index is 12.1. The van der Waals surface area contributed by atoms with Crippen LogP contribution in [0.4, 0.5) is 0 Å². The van der Waals surface area contributed by atoms with Crippen LogP contribution < -0.4 is 14.8 Å². The van der Waals surface area contributed by atoms with Crippen molar-refractivity contribution in [2.24, 2.45) is 5.92 Å². The Morgan fingerprint density at radius 1 is 1.42 bits per heavy atom. The van der Waals surface area contributed by atoms with Crippen LogP contribution in [-0.2, 0) is 16.0 Å². The van der Waals surface area contributed by atoms with E-state index in [1.807, 2.05) is 18.2 Å². The summed E-state index contributed by atoms with van der Waals surface area (Å²) in [5, 5.41) is 2.94. The first kappa shape index (κ1) is 16.6. The summed E-state index contributed by atoms with van der Waals surface area (Å²) in [7, 11) is 1.63. The first-order valence-corrected chi connectivity index (χ1v) is 8.50. The molecular formula is C18H24N2O4. The van der Waals surface area contributed by atoms with Gasteiger partial charge in [0, 0.05) is 25.4 Å². The highest BCUT2D eigenvalue weighted by Gasteiger charge is 2.24. The van der Waals surface area contributed by atoms with Gasteiger partial charge in [-0.1, -0.05) is 12.1 Å². The number of nitrogens with zero attached hydrogens (tertiary/aromatic N) is 1. The number of likely N-dealkylation sites (tertiary alicyclic amines) is 1. The lowest BCUT2D eigenvalue weighted by atomic mass is 9.96. The van der Waals surface area contributed by atoms with Gasteiger partial charge in [0.15, 0.2) is 11.5 Å². The van der Waals surface area contributed by atoms with Gasteiger partial charge in [-0.3, -0.25) is 9.59 Å². The minimum absolute atomic E-state index is 0.0819. The van der Waals surface area contributed by atoms with Crippen LogP contribution in [0.2, 0.25) is 0 Å². The Kier molecular flexibility index (Phi) is 5.23. The average Bonchev–Trinajstić information content (AvgIpc) is 2.61. The van der Waals surface area contributed by atoms with E-state index in [-0.39, 0.29) is 24.3 Å². The lowest BCUT2D eigenvalue weighted by Crippen LogP contribution is -2.44. The van der Waals surface area contributed by atoms with E-state index >= 15 is 0 Å². The van der Waals surface area contributed by atoms with Crippen molar-refractivity contribution < 1.29 is 19.1 Å². The smallest absolute Gasteiger partial charge is 0.239 e. The normalized spacial score (nSPS) is 20.1. The first-order valence-electron chi connectivity index (χ1n) is 8.50. The molecule has 6 heteroatoms. The number of carbonyl (C=O) groups is 2. The van der Waals surface area contributed by atoms with E-state index in [0.717, 1.165) is 36.3 Å². The van der Waals surface area contributed by atoms with Gasteiger partial charge < -0.3 is 19.7 Å². The molecule has 0 aromatic heterocycles. The summed E-state index contributed by atoms with van der Waals surface area (Å²) in [4.78, 5) is 25.5. The molecule has 0 spiro atoms. The van der Waals surface area contributed by atoms with Crippen LogP contribution in [0.25, 0.3) is 0 Å². The number of carbonyl (C=O) groups excluding carboxylic acids is 2. The van der Waals surface area contributed by atoms with Crippen LogP contribution in [0.3, 0.4) is 0 Å². The Bertz CT molecular complexity index is 617. The molecule has 1 fully saturated rings. The van der Waals surface area contributed by atoms with E-state index < -0.39 is 0 Å². The summed E-state index contributed by atoms with van der Waals surface area (Å²) in [6, 6.07) is 5.86. The van der Waals surface area contributed by atoms with Crippen LogP contribution in [0, 0.1) is 5.92 Å². The van der Waals surface area contributed by atoms with Crippen LogP contribution in [0.5, 0.6) is 11.5 Å². The predicted octanol–water partition coefficient (Wildman–Crippen LogP) is 1.37. The van der Waals surface area contributed by atoms with Crippen molar-refractivity contribution in [3.05, 3.63) is 23.8 Å². The molecule has 0 aliphatic carbocycles. The van der Waals surface area contributed by atoms with Gasteiger partial charge in [-0.2, -0.15) is 0 Å². The Balaban J connectivity index is 1.49. The molecule has 1 saturated heterocycles. The molecule has 2 aliphatic heterocycles. The molecule has 2 heterocycles. The molecule has 130 valence electrons.